The molecule has 0 aliphatic carbocycles. The fourth-order valence-corrected chi connectivity index (χ4v) is 3.22. The third-order valence-electron chi connectivity index (χ3n) is 4.55. The summed E-state index contributed by atoms with van der Waals surface area (Å²) in [4.78, 5) is 7.15. The summed E-state index contributed by atoms with van der Waals surface area (Å²) in [6.07, 6.45) is 1.13. The second-order valence-corrected chi connectivity index (χ2v) is 6.71. The molecular weight excluding hydrogens is 455 g/mol. The van der Waals surface area contributed by atoms with Crippen LogP contribution in [0.1, 0.15) is 25.8 Å². The highest BCUT2D eigenvalue weighted by atomic mass is 127. The fraction of sp³-hybridized carbons (Fsp3) is 0.650. The van der Waals surface area contributed by atoms with Crippen LogP contribution < -0.4 is 10.6 Å². The number of ether oxygens (including phenoxy) is 2. The van der Waals surface area contributed by atoms with Crippen molar-refractivity contribution in [3.63, 3.8) is 0 Å². The number of benzene rings is 1. The number of hydrogen-bond acceptors (Lipinski definition) is 4. The molecule has 1 fully saturated rings. The third-order valence-corrected chi connectivity index (χ3v) is 4.55. The molecule has 1 aliphatic heterocycles. The minimum atomic E-state index is 0. The maximum atomic E-state index is 5.48. The van der Waals surface area contributed by atoms with Gasteiger partial charge in [-0.25, -0.2) is 0 Å². The monoisotopic (exact) mass is 490 g/mol. The summed E-state index contributed by atoms with van der Waals surface area (Å²) in [7, 11) is 1.68. The van der Waals surface area contributed by atoms with Gasteiger partial charge in [0.15, 0.2) is 5.96 Å². The molecule has 0 saturated carbocycles. The Labute approximate surface area is 181 Å². The van der Waals surface area contributed by atoms with Gasteiger partial charge in [0, 0.05) is 38.8 Å². The number of hydrogen-bond donors (Lipinski definition) is 2. The Bertz CT molecular complexity index is 530. The molecule has 1 heterocycles. The summed E-state index contributed by atoms with van der Waals surface area (Å²) in [5.74, 6) is 0.876. The van der Waals surface area contributed by atoms with Crippen molar-refractivity contribution >= 4 is 29.9 Å². The molecule has 154 valence electrons. The van der Waals surface area contributed by atoms with Crippen molar-refractivity contribution in [1.82, 2.24) is 15.5 Å². The number of guanidine groups is 1. The van der Waals surface area contributed by atoms with Gasteiger partial charge in [-0.1, -0.05) is 30.3 Å². The second kappa shape index (κ2) is 14.1. The minimum absolute atomic E-state index is 0. The van der Waals surface area contributed by atoms with Gasteiger partial charge in [-0.15, -0.1) is 24.0 Å². The number of nitrogens with zero attached hydrogens (tertiary/aromatic N) is 2. The quantitative estimate of drug-likeness (QED) is 0.229. The van der Waals surface area contributed by atoms with Gasteiger partial charge in [-0.2, -0.15) is 0 Å². The topological polar surface area (TPSA) is 58.1 Å². The van der Waals surface area contributed by atoms with Crippen LogP contribution in [0.25, 0.3) is 0 Å². The summed E-state index contributed by atoms with van der Waals surface area (Å²) in [6, 6.07) is 11.7. The Kier molecular flexibility index (Phi) is 12.6. The van der Waals surface area contributed by atoms with Crippen LogP contribution in [0.3, 0.4) is 0 Å². The van der Waals surface area contributed by atoms with Gasteiger partial charge in [0.1, 0.15) is 0 Å². The molecule has 1 saturated heterocycles. The first-order valence-electron chi connectivity index (χ1n) is 9.62. The number of likely N-dealkylation sites (tertiary alicyclic amines) is 1. The van der Waals surface area contributed by atoms with Crippen LogP contribution in [0, 0.1) is 0 Å². The molecule has 1 aromatic rings. The van der Waals surface area contributed by atoms with E-state index in [4.69, 9.17) is 9.47 Å². The number of rotatable bonds is 10. The van der Waals surface area contributed by atoms with E-state index in [9.17, 15) is 0 Å². The smallest absolute Gasteiger partial charge is 0.191 e. The van der Waals surface area contributed by atoms with Crippen LogP contribution in [0.15, 0.2) is 35.3 Å². The predicted molar refractivity (Wildman–Crippen MR) is 122 cm³/mol. The molecule has 2 rings (SSSR count). The highest BCUT2D eigenvalue weighted by molar-refractivity contribution is 14.0. The van der Waals surface area contributed by atoms with Crippen molar-refractivity contribution in [2.45, 2.75) is 38.9 Å². The van der Waals surface area contributed by atoms with Crippen molar-refractivity contribution in [3.8, 4) is 0 Å². The first kappa shape index (κ1) is 24.1. The van der Waals surface area contributed by atoms with Crippen LogP contribution in [0.5, 0.6) is 0 Å². The highest BCUT2D eigenvalue weighted by Crippen LogP contribution is 2.20. The van der Waals surface area contributed by atoms with Gasteiger partial charge in [0.25, 0.3) is 0 Å². The van der Waals surface area contributed by atoms with E-state index in [-0.39, 0.29) is 24.0 Å². The number of aliphatic imine (C=N–C) groups is 1. The lowest BCUT2D eigenvalue weighted by Crippen LogP contribution is -2.44. The van der Waals surface area contributed by atoms with Crippen molar-refractivity contribution in [3.05, 3.63) is 35.9 Å². The van der Waals surface area contributed by atoms with Crippen LogP contribution in [0.2, 0.25) is 0 Å². The molecule has 2 atom stereocenters. The van der Waals surface area contributed by atoms with E-state index in [0.717, 1.165) is 32.0 Å². The summed E-state index contributed by atoms with van der Waals surface area (Å²) < 4.78 is 10.4. The standard InChI is InChI=1S/C20H34N4O2.HI/c1-4-21-20(22-10-11-26-13-12-25-3)23-19-14-17(2)24(16-19)15-18-8-6-5-7-9-18;/h5-9,17,19H,4,10-16H2,1-3H3,(H2,21,22,23);1H. The van der Waals surface area contributed by atoms with Crippen molar-refractivity contribution < 1.29 is 9.47 Å². The molecule has 0 radical (unpaired) electrons. The molecule has 6 nitrogen and oxygen atoms in total. The van der Waals surface area contributed by atoms with Crippen molar-refractivity contribution in [2.24, 2.45) is 4.99 Å². The van der Waals surface area contributed by atoms with Crippen LogP contribution in [-0.4, -0.2) is 69.5 Å². The summed E-state index contributed by atoms with van der Waals surface area (Å²) in [5.41, 5.74) is 1.37. The van der Waals surface area contributed by atoms with Crippen LogP contribution in [-0.2, 0) is 16.0 Å². The lowest BCUT2D eigenvalue weighted by Gasteiger charge is -2.21. The summed E-state index contributed by atoms with van der Waals surface area (Å²) in [5, 5.41) is 6.91. The van der Waals surface area contributed by atoms with Gasteiger partial charge >= 0.3 is 0 Å². The average molecular weight is 490 g/mol. The predicted octanol–water partition coefficient (Wildman–Crippen LogP) is 2.49. The molecule has 0 amide bonds. The first-order chi connectivity index (χ1) is 12.7. The third kappa shape index (κ3) is 9.23. The molecule has 0 spiro atoms. The molecule has 27 heavy (non-hydrogen) atoms. The van der Waals surface area contributed by atoms with Crippen molar-refractivity contribution in [1.29, 1.82) is 0 Å². The van der Waals surface area contributed by atoms with E-state index in [0.29, 0.717) is 38.4 Å². The lowest BCUT2D eigenvalue weighted by molar-refractivity contribution is 0.0748. The first-order valence-corrected chi connectivity index (χ1v) is 9.62. The zero-order valence-electron chi connectivity index (χ0n) is 16.8. The van der Waals surface area contributed by atoms with E-state index < -0.39 is 0 Å². The van der Waals surface area contributed by atoms with Crippen LogP contribution >= 0.6 is 24.0 Å². The maximum Gasteiger partial charge on any atom is 0.191 e. The Hall–Kier alpha value is -0.900. The largest absolute Gasteiger partial charge is 0.382 e. The number of nitrogens with one attached hydrogen (secondary N) is 2. The highest BCUT2D eigenvalue weighted by Gasteiger charge is 2.29. The van der Waals surface area contributed by atoms with E-state index >= 15 is 0 Å². The average Bonchev–Trinajstić information content (AvgIpc) is 2.98. The zero-order valence-corrected chi connectivity index (χ0v) is 19.1. The normalized spacial score (nSPS) is 20.3. The maximum absolute atomic E-state index is 5.48. The van der Waals surface area contributed by atoms with E-state index in [1.54, 1.807) is 7.11 Å². The van der Waals surface area contributed by atoms with Gasteiger partial charge in [-0.3, -0.25) is 9.89 Å². The summed E-state index contributed by atoms with van der Waals surface area (Å²) >= 11 is 0. The minimum Gasteiger partial charge on any atom is -0.382 e. The van der Waals surface area contributed by atoms with Crippen LogP contribution in [0.4, 0.5) is 0 Å². The fourth-order valence-electron chi connectivity index (χ4n) is 3.22. The summed E-state index contributed by atoms with van der Waals surface area (Å²) in [6.45, 7) is 9.78. The Morgan fingerprint density at radius 3 is 2.70 bits per heavy atom. The zero-order chi connectivity index (χ0) is 18.6. The molecule has 1 aromatic carbocycles. The molecule has 7 heteroatoms. The Morgan fingerprint density at radius 1 is 1.22 bits per heavy atom. The second-order valence-electron chi connectivity index (χ2n) is 6.71. The van der Waals surface area contributed by atoms with Crippen molar-refractivity contribution in [2.75, 3.05) is 46.6 Å². The van der Waals surface area contributed by atoms with Gasteiger partial charge in [-0.05, 0) is 25.8 Å². The lowest BCUT2D eigenvalue weighted by atomic mass is 10.2. The number of methoxy groups -OCH3 is 1. The van der Waals surface area contributed by atoms with E-state index in [2.05, 4.69) is 64.7 Å². The number of halogens is 1. The van der Waals surface area contributed by atoms with Gasteiger partial charge in [0.05, 0.1) is 26.4 Å². The van der Waals surface area contributed by atoms with E-state index in [1.807, 2.05) is 0 Å². The van der Waals surface area contributed by atoms with E-state index in [1.165, 1.54) is 5.56 Å². The van der Waals surface area contributed by atoms with Gasteiger partial charge < -0.3 is 20.1 Å². The SMILES string of the molecule is CCNC(=NCCOCCOC)NC1CC(C)N(Cc2ccccc2)C1.I. The molecule has 2 unspecified atom stereocenters. The molecule has 0 bridgehead atoms. The molecule has 1 aliphatic rings. The Balaban J connectivity index is 0.00000364. The molecule has 2 N–H and O–H groups in total. The Morgan fingerprint density at radius 2 is 2.00 bits per heavy atom. The van der Waals surface area contributed by atoms with Gasteiger partial charge in [0.2, 0.25) is 0 Å². The molecule has 0 aromatic heterocycles. The molecular formula is C20H35IN4O2.